The van der Waals surface area contributed by atoms with E-state index in [-0.39, 0.29) is 11.9 Å². The van der Waals surface area contributed by atoms with Crippen LogP contribution in [-0.2, 0) is 6.61 Å². The van der Waals surface area contributed by atoms with Crippen molar-refractivity contribution < 1.29 is 9.13 Å². The molecule has 1 unspecified atom stereocenters. The minimum Gasteiger partial charge on any atom is -0.486 e. The summed E-state index contributed by atoms with van der Waals surface area (Å²) in [6.07, 6.45) is 1.04. The summed E-state index contributed by atoms with van der Waals surface area (Å²) < 4.78 is 19.3. The van der Waals surface area contributed by atoms with Crippen LogP contribution in [0.2, 0.25) is 0 Å². The van der Waals surface area contributed by atoms with Crippen molar-refractivity contribution in [3.63, 3.8) is 0 Å². The molecule has 0 saturated carbocycles. The van der Waals surface area contributed by atoms with E-state index in [1.165, 1.54) is 12.1 Å². The highest BCUT2D eigenvalue weighted by Gasteiger charge is 2.13. The van der Waals surface area contributed by atoms with E-state index in [0.717, 1.165) is 29.2 Å². The van der Waals surface area contributed by atoms with E-state index in [0.29, 0.717) is 12.4 Å². The second-order valence-corrected chi connectivity index (χ2v) is 5.97. The normalized spacial score (nSPS) is 12.4. The number of ether oxygens (including phenoxy) is 1. The van der Waals surface area contributed by atoms with Crippen LogP contribution in [0.4, 0.5) is 4.39 Å². The molecular weight excluding hydrogens is 287 g/mol. The van der Waals surface area contributed by atoms with Gasteiger partial charge in [0.1, 0.15) is 23.2 Å². The Labute approximate surface area is 129 Å². The van der Waals surface area contributed by atoms with Crippen molar-refractivity contribution in [1.82, 2.24) is 10.3 Å². The first-order chi connectivity index (χ1) is 10.1. The summed E-state index contributed by atoms with van der Waals surface area (Å²) in [6, 6.07) is 4.71. The van der Waals surface area contributed by atoms with Gasteiger partial charge in [-0.25, -0.2) is 9.37 Å². The van der Waals surface area contributed by atoms with E-state index in [2.05, 4.69) is 17.2 Å². The molecule has 0 saturated heterocycles. The maximum Gasteiger partial charge on any atom is 0.140 e. The number of hydrogen-bond acceptors (Lipinski definition) is 4. The number of halogens is 1. The Morgan fingerprint density at radius 3 is 2.90 bits per heavy atom. The van der Waals surface area contributed by atoms with Crippen LogP contribution >= 0.6 is 11.3 Å². The molecule has 1 N–H and O–H groups in total. The summed E-state index contributed by atoms with van der Waals surface area (Å²) >= 11 is 1.57. The fraction of sp³-hybridized carbons (Fsp3) is 0.438. The Balaban J connectivity index is 2.10. The average molecular weight is 308 g/mol. The van der Waals surface area contributed by atoms with Crippen LogP contribution in [0.5, 0.6) is 5.75 Å². The summed E-state index contributed by atoms with van der Waals surface area (Å²) in [6.45, 7) is 7.39. The van der Waals surface area contributed by atoms with Gasteiger partial charge in [-0.3, -0.25) is 0 Å². The van der Waals surface area contributed by atoms with Crippen molar-refractivity contribution >= 4 is 11.3 Å². The number of nitrogens with zero attached hydrogens (tertiary/aromatic N) is 1. The number of nitrogens with one attached hydrogen (secondary N) is 1. The van der Waals surface area contributed by atoms with Crippen LogP contribution in [0.25, 0.3) is 0 Å². The smallest absolute Gasteiger partial charge is 0.140 e. The van der Waals surface area contributed by atoms with E-state index >= 15 is 0 Å². The number of aryl methyl sites for hydroxylation is 1. The van der Waals surface area contributed by atoms with Gasteiger partial charge in [0, 0.05) is 22.7 Å². The van der Waals surface area contributed by atoms with Crippen molar-refractivity contribution in [1.29, 1.82) is 0 Å². The fourth-order valence-corrected chi connectivity index (χ4v) is 2.75. The third-order valence-corrected chi connectivity index (χ3v) is 4.10. The Bertz CT molecular complexity index is 585. The van der Waals surface area contributed by atoms with Gasteiger partial charge in [-0.2, -0.15) is 0 Å². The van der Waals surface area contributed by atoms with Crippen LogP contribution in [0, 0.1) is 12.7 Å². The summed E-state index contributed by atoms with van der Waals surface area (Å²) in [5, 5.41) is 6.28. The first-order valence-electron chi connectivity index (χ1n) is 7.16. The maximum absolute atomic E-state index is 13.5. The number of rotatable bonds is 7. The predicted octanol–water partition coefficient (Wildman–Crippen LogP) is 4.23. The third kappa shape index (κ3) is 4.51. The van der Waals surface area contributed by atoms with Crippen LogP contribution in [0.3, 0.4) is 0 Å². The van der Waals surface area contributed by atoms with Crippen LogP contribution in [0.1, 0.15) is 42.6 Å². The lowest BCUT2D eigenvalue weighted by molar-refractivity contribution is 0.298. The van der Waals surface area contributed by atoms with E-state index in [1.54, 1.807) is 17.4 Å². The summed E-state index contributed by atoms with van der Waals surface area (Å²) in [7, 11) is 0. The molecule has 0 bridgehead atoms. The summed E-state index contributed by atoms with van der Waals surface area (Å²) in [5.41, 5.74) is 1.84. The second-order valence-electron chi connectivity index (χ2n) is 5.03. The van der Waals surface area contributed by atoms with Crippen molar-refractivity contribution in [3.05, 3.63) is 45.7 Å². The molecule has 1 aromatic heterocycles. The molecule has 2 aromatic rings. The van der Waals surface area contributed by atoms with Gasteiger partial charge in [-0.05, 0) is 45.0 Å². The molecule has 5 heteroatoms. The monoisotopic (exact) mass is 308 g/mol. The Kier molecular flexibility index (Phi) is 5.70. The van der Waals surface area contributed by atoms with E-state index in [4.69, 9.17) is 4.74 Å². The molecule has 0 fully saturated rings. The summed E-state index contributed by atoms with van der Waals surface area (Å²) in [4.78, 5) is 4.37. The first-order valence-corrected chi connectivity index (χ1v) is 8.04. The topological polar surface area (TPSA) is 34.1 Å². The van der Waals surface area contributed by atoms with Crippen molar-refractivity contribution in [2.24, 2.45) is 0 Å². The van der Waals surface area contributed by atoms with E-state index in [9.17, 15) is 4.39 Å². The average Bonchev–Trinajstić information content (AvgIpc) is 2.89. The lowest BCUT2D eigenvalue weighted by atomic mass is 10.1. The van der Waals surface area contributed by atoms with Gasteiger partial charge < -0.3 is 10.1 Å². The molecule has 0 radical (unpaired) electrons. The number of benzene rings is 1. The quantitative estimate of drug-likeness (QED) is 0.831. The minimum atomic E-state index is -0.243. The molecule has 1 aromatic carbocycles. The van der Waals surface area contributed by atoms with Gasteiger partial charge in [0.25, 0.3) is 0 Å². The molecule has 0 aliphatic heterocycles. The minimum absolute atomic E-state index is 0.0497. The number of thiazole rings is 1. The van der Waals surface area contributed by atoms with Crippen molar-refractivity contribution in [2.75, 3.05) is 6.54 Å². The molecule has 1 heterocycles. The molecule has 0 aliphatic carbocycles. The number of aromatic nitrogens is 1. The lowest BCUT2D eigenvalue weighted by Crippen LogP contribution is -2.20. The van der Waals surface area contributed by atoms with Crippen molar-refractivity contribution in [2.45, 2.75) is 39.8 Å². The molecule has 3 nitrogen and oxygen atoms in total. The molecule has 0 amide bonds. The van der Waals surface area contributed by atoms with E-state index in [1.807, 2.05) is 19.2 Å². The SMILES string of the molecule is CCCNC(C)c1cc(F)ccc1OCc1nc(C)cs1. The lowest BCUT2D eigenvalue weighted by Gasteiger charge is -2.18. The Morgan fingerprint density at radius 2 is 2.24 bits per heavy atom. The highest BCUT2D eigenvalue weighted by molar-refractivity contribution is 7.09. The highest BCUT2D eigenvalue weighted by Crippen LogP contribution is 2.27. The van der Waals surface area contributed by atoms with Crippen LogP contribution in [-0.4, -0.2) is 11.5 Å². The zero-order valence-corrected chi connectivity index (χ0v) is 13.5. The van der Waals surface area contributed by atoms with Crippen LogP contribution in [0.15, 0.2) is 23.6 Å². The third-order valence-electron chi connectivity index (χ3n) is 3.16. The largest absolute Gasteiger partial charge is 0.486 e. The second kappa shape index (κ2) is 7.52. The Morgan fingerprint density at radius 1 is 1.43 bits per heavy atom. The zero-order valence-electron chi connectivity index (χ0n) is 12.6. The highest BCUT2D eigenvalue weighted by atomic mass is 32.1. The molecule has 1 atom stereocenters. The van der Waals surface area contributed by atoms with Gasteiger partial charge in [-0.1, -0.05) is 6.92 Å². The Hall–Kier alpha value is -1.46. The van der Waals surface area contributed by atoms with E-state index < -0.39 is 0 Å². The predicted molar refractivity (Wildman–Crippen MR) is 84.3 cm³/mol. The molecule has 114 valence electrons. The van der Waals surface area contributed by atoms with Gasteiger partial charge in [0.2, 0.25) is 0 Å². The van der Waals surface area contributed by atoms with Gasteiger partial charge in [0.15, 0.2) is 0 Å². The molecular formula is C16H21FN2OS. The standard InChI is InChI=1S/C16H21FN2OS/c1-4-7-18-12(3)14-8-13(17)5-6-15(14)20-9-16-19-11(2)10-21-16/h5-6,8,10,12,18H,4,7,9H2,1-3H3. The van der Waals surface area contributed by atoms with Gasteiger partial charge >= 0.3 is 0 Å². The van der Waals surface area contributed by atoms with Crippen molar-refractivity contribution in [3.8, 4) is 5.75 Å². The molecule has 2 rings (SSSR count). The first kappa shape index (κ1) is 15.9. The maximum atomic E-state index is 13.5. The zero-order chi connectivity index (χ0) is 15.2. The molecule has 0 aliphatic rings. The van der Waals surface area contributed by atoms with Gasteiger partial charge in [-0.15, -0.1) is 11.3 Å². The number of hydrogen-bond donors (Lipinski definition) is 1. The summed E-state index contributed by atoms with van der Waals surface area (Å²) in [5.74, 6) is 0.466. The fourth-order valence-electron chi connectivity index (χ4n) is 2.07. The van der Waals surface area contributed by atoms with Crippen LogP contribution < -0.4 is 10.1 Å². The van der Waals surface area contributed by atoms with Gasteiger partial charge in [0.05, 0.1) is 0 Å². The molecule has 0 spiro atoms. The molecule has 21 heavy (non-hydrogen) atoms.